The van der Waals surface area contributed by atoms with Crippen LogP contribution < -0.4 is 5.14 Å². The van der Waals surface area contributed by atoms with Crippen LogP contribution in [0.3, 0.4) is 0 Å². The molecule has 3 rings (SSSR count). The van der Waals surface area contributed by atoms with Crippen LogP contribution in [0.5, 0.6) is 0 Å². The van der Waals surface area contributed by atoms with E-state index in [9.17, 15) is 22.0 Å². The fourth-order valence-corrected chi connectivity index (χ4v) is 4.60. The van der Waals surface area contributed by atoms with Crippen LogP contribution in [0.25, 0.3) is 0 Å². The van der Waals surface area contributed by atoms with Crippen molar-refractivity contribution in [1.29, 1.82) is 0 Å². The summed E-state index contributed by atoms with van der Waals surface area (Å²) in [6.07, 6.45) is 2.70. The van der Waals surface area contributed by atoms with Gasteiger partial charge in [-0.1, -0.05) is 0 Å². The fourth-order valence-electron chi connectivity index (χ4n) is 3.88. The zero-order valence-corrected chi connectivity index (χ0v) is 15.2. The third kappa shape index (κ3) is 4.21. The predicted molar refractivity (Wildman–Crippen MR) is 92.2 cm³/mol. The molecule has 2 fully saturated rings. The number of halogens is 2. The molecule has 0 unspecified atom stereocenters. The zero-order valence-electron chi connectivity index (χ0n) is 14.4. The van der Waals surface area contributed by atoms with Crippen LogP contribution in [-0.2, 0) is 21.4 Å². The highest BCUT2D eigenvalue weighted by Crippen LogP contribution is 2.28. The number of nitrogens with two attached hydrogens (primary N) is 1. The van der Waals surface area contributed by atoms with E-state index in [2.05, 4.69) is 0 Å². The third-order valence-corrected chi connectivity index (χ3v) is 6.37. The van der Waals surface area contributed by atoms with E-state index in [4.69, 9.17) is 5.14 Å². The zero-order chi connectivity index (χ0) is 18.9. The molecule has 1 aromatic carbocycles. The molecule has 2 aliphatic rings. The Hall–Kier alpha value is -1.58. The van der Waals surface area contributed by atoms with Crippen molar-refractivity contribution in [2.75, 3.05) is 19.6 Å². The van der Waals surface area contributed by atoms with Gasteiger partial charge < -0.3 is 4.90 Å². The Labute approximate surface area is 152 Å². The molecule has 0 bridgehead atoms. The predicted octanol–water partition coefficient (Wildman–Crippen LogP) is 1.41. The summed E-state index contributed by atoms with van der Waals surface area (Å²) in [5.74, 6) is -1.25. The first-order chi connectivity index (χ1) is 12.3. The third-order valence-electron chi connectivity index (χ3n) is 5.29. The lowest BCUT2D eigenvalue weighted by Crippen LogP contribution is -2.47. The van der Waals surface area contributed by atoms with E-state index in [1.807, 2.05) is 0 Å². The first-order valence-electron chi connectivity index (χ1n) is 8.78. The minimum absolute atomic E-state index is 0.0293. The maximum atomic E-state index is 13.9. The number of carbonyl (C=O) groups excluding carboxylic acids is 1. The number of hydrogen-bond donors (Lipinski definition) is 1. The highest BCUT2D eigenvalue weighted by atomic mass is 32.2. The van der Waals surface area contributed by atoms with E-state index in [0.29, 0.717) is 19.4 Å². The molecule has 2 aliphatic heterocycles. The van der Waals surface area contributed by atoms with Crippen LogP contribution in [-0.4, -0.2) is 49.2 Å². The quantitative estimate of drug-likeness (QED) is 0.848. The van der Waals surface area contributed by atoms with Crippen molar-refractivity contribution in [3.05, 3.63) is 35.4 Å². The lowest BCUT2D eigenvalue weighted by atomic mass is 9.95. The average Bonchev–Trinajstić information content (AvgIpc) is 3.05. The van der Waals surface area contributed by atoms with Gasteiger partial charge in [0, 0.05) is 31.6 Å². The smallest absolute Gasteiger partial charge is 0.276 e. The number of carbonyl (C=O) groups is 1. The number of nitrogens with zero attached hydrogens (tertiary/aromatic N) is 2. The summed E-state index contributed by atoms with van der Waals surface area (Å²) >= 11 is 0. The first kappa shape index (κ1) is 19.2. The van der Waals surface area contributed by atoms with Crippen molar-refractivity contribution in [3.8, 4) is 0 Å². The summed E-state index contributed by atoms with van der Waals surface area (Å²) in [6, 6.07) is 3.21. The number of piperidine rings is 1. The van der Waals surface area contributed by atoms with E-state index in [-0.39, 0.29) is 42.9 Å². The molecule has 144 valence electrons. The van der Waals surface area contributed by atoms with Crippen molar-refractivity contribution < 1.29 is 22.0 Å². The van der Waals surface area contributed by atoms with Gasteiger partial charge in [-0.3, -0.25) is 4.79 Å². The lowest BCUT2D eigenvalue weighted by molar-refractivity contribution is -0.137. The van der Waals surface area contributed by atoms with Crippen molar-refractivity contribution in [2.24, 2.45) is 11.1 Å². The molecule has 1 aromatic rings. The van der Waals surface area contributed by atoms with Gasteiger partial charge in [0.25, 0.3) is 10.2 Å². The van der Waals surface area contributed by atoms with Crippen molar-refractivity contribution in [3.63, 3.8) is 0 Å². The summed E-state index contributed by atoms with van der Waals surface area (Å²) < 4.78 is 51.2. The lowest BCUT2D eigenvalue weighted by Gasteiger charge is -2.33. The Kier molecular flexibility index (Phi) is 5.59. The number of likely N-dealkylation sites (tertiary alicyclic amines) is 1. The van der Waals surface area contributed by atoms with Crippen LogP contribution in [0, 0.1) is 17.6 Å². The van der Waals surface area contributed by atoms with E-state index < -0.39 is 21.8 Å². The highest BCUT2D eigenvalue weighted by Gasteiger charge is 2.36. The van der Waals surface area contributed by atoms with Gasteiger partial charge in [-0.2, -0.15) is 12.7 Å². The monoisotopic (exact) mass is 387 g/mol. The van der Waals surface area contributed by atoms with Gasteiger partial charge >= 0.3 is 0 Å². The van der Waals surface area contributed by atoms with Crippen molar-refractivity contribution in [1.82, 2.24) is 9.21 Å². The first-order valence-corrected chi connectivity index (χ1v) is 10.3. The Balaban J connectivity index is 1.65. The second kappa shape index (κ2) is 7.58. The standard InChI is InChI=1S/C17H23F2N3O3S/c18-14-3-4-16(19)13(10-14)11-15-2-1-7-22(15)17(23)12-5-8-21(9-6-12)26(20,24)25/h3-4,10,12,15H,1-2,5-9,11H2,(H2,20,24,25)/t15-/m1/s1. The molecule has 0 saturated carbocycles. The largest absolute Gasteiger partial charge is 0.339 e. The van der Waals surface area contributed by atoms with E-state index in [1.165, 1.54) is 10.4 Å². The molecule has 9 heteroatoms. The molecular formula is C17H23F2N3O3S. The van der Waals surface area contributed by atoms with Crippen LogP contribution in [0.15, 0.2) is 18.2 Å². The Morgan fingerprint density at radius 3 is 2.50 bits per heavy atom. The van der Waals surface area contributed by atoms with Gasteiger partial charge in [-0.25, -0.2) is 13.9 Å². The SMILES string of the molecule is NS(=O)(=O)N1CCC(C(=O)N2CCC[C@@H]2Cc2cc(F)ccc2F)CC1. The molecule has 2 N–H and O–H groups in total. The molecule has 0 radical (unpaired) electrons. The van der Waals surface area contributed by atoms with Gasteiger partial charge in [0.1, 0.15) is 11.6 Å². The molecule has 1 atom stereocenters. The number of hydrogen-bond acceptors (Lipinski definition) is 3. The summed E-state index contributed by atoms with van der Waals surface area (Å²) in [7, 11) is -3.72. The second-order valence-corrected chi connectivity index (χ2v) is 8.53. The minimum atomic E-state index is -3.72. The normalized spacial score (nSPS) is 22.7. The maximum Gasteiger partial charge on any atom is 0.276 e. The number of rotatable bonds is 4. The highest BCUT2D eigenvalue weighted by molar-refractivity contribution is 7.86. The second-order valence-electron chi connectivity index (χ2n) is 6.99. The summed E-state index contributed by atoms with van der Waals surface area (Å²) in [5, 5.41) is 5.12. The molecule has 26 heavy (non-hydrogen) atoms. The Morgan fingerprint density at radius 1 is 1.15 bits per heavy atom. The average molecular weight is 387 g/mol. The molecule has 0 aromatic heterocycles. The van der Waals surface area contributed by atoms with Crippen LogP contribution >= 0.6 is 0 Å². The summed E-state index contributed by atoms with van der Waals surface area (Å²) in [5.41, 5.74) is 0.277. The molecule has 0 aliphatic carbocycles. The van der Waals surface area contributed by atoms with Gasteiger partial charge in [0.2, 0.25) is 5.91 Å². The van der Waals surface area contributed by atoms with E-state index in [1.54, 1.807) is 4.90 Å². The van der Waals surface area contributed by atoms with Crippen molar-refractivity contribution >= 4 is 16.1 Å². The Morgan fingerprint density at radius 2 is 1.85 bits per heavy atom. The fraction of sp³-hybridized carbons (Fsp3) is 0.588. The van der Waals surface area contributed by atoms with Crippen LogP contribution in [0.1, 0.15) is 31.2 Å². The maximum absolute atomic E-state index is 13.9. The Bertz CT molecular complexity index is 779. The number of benzene rings is 1. The van der Waals surface area contributed by atoms with Gasteiger partial charge in [-0.15, -0.1) is 0 Å². The molecule has 6 nitrogen and oxygen atoms in total. The molecule has 2 saturated heterocycles. The van der Waals surface area contributed by atoms with Crippen LogP contribution in [0.4, 0.5) is 8.78 Å². The van der Waals surface area contributed by atoms with Crippen molar-refractivity contribution in [2.45, 2.75) is 38.1 Å². The number of amides is 1. The molecule has 1 amide bonds. The minimum Gasteiger partial charge on any atom is -0.339 e. The topological polar surface area (TPSA) is 83.7 Å². The van der Waals surface area contributed by atoms with Gasteiger partial charge in [0.05, 0.1) is 0 Å². The summed E-state index contributed by atoms with van der Waals surface area (Å²) in [6.45, 7) is 1.05. The van der Waals surface area contributed by atoms with Gasteiger partial charge in [0.15, 0.2) is 0 Å². The molecular weight excluding hydrogens is 364 g/mol. The molecule has 2 heterocycles. The van der Waals surface area contributed by atoms with Crippen LogP contribution in [0.2, 0.25) is 0 Å². The molecule has 0 spiro atoms. The van der Waals surface area contributed by atoms with E-state index in [0.717, 1.165) is 25.0 Å². The van der Waals surface area contributed by atoms with E-state index >= 15 is 0 Å². The van der Waals surface area contributed by atoms with Gasteiger partial charge in [-0.05, 0) is 55.9 Å². The summed E-state index contributed by atoms with van der Waals surface area (Å²) in [4.78, 5) is 14.6.